The van der Waals surface area contributed by atoms with Crippen LogP contribution in [0.5, 0.6) is 0 Å². The van der Waals surface area contributed by atoms with Gasteiger partial charge in [0.05, 0.1) is 6.20 Å². The Hall–Kier alpha value is -1.37. The molecule has 84 valence electrons. The van der Waals surface area contributed by atoms with E-state index in [1.165, 1.54) is 0 Å². The first-order chi connectivity index (χ1) is 7.00. The Balaban J connectivity index is 2.58. The summed E-state index contributed by atoms with van der Waals surface area (Å²) in [7, 11) is 0. The Kier molecular flexibility index (Phi) is 3.84. The van der Waals surface area contributed by atoms with E-state index in [1.54, 1.807) is 0 Å². The maximum Gasteiger partial charge on any atom is 0.265 e. The van der Waals surface area contributed by atoms with Crippen LogP contribution in [0.2, 0.25) is 0 Å². The van der Waals surface area contributed by atoms with E-state index < -0.39 is 30.7 Å². The number of halogens is 4. The zero-order valence-electron chi connectivity index (χ0n) is 7.42. The second kappa shape index (κ2) is 4.92. The van der Waals surface area contributed by atoms with Crippen molar-refractivity contribution in [3.05, 3.63) is 23.9 Å². The SMILES string of the molecule is OC(CNc1ncc(F)cc1F)C(F)F. The van der Waals surface area contributed by atoms with Crippen LogP contribution >= 0.6 is 0 Å². The van der Waals surface area contributed by atoms with Gasteiger partial charge in [-0.15, -0.1) is 0 Å². The van der Waals surface area contributed by atoms with Crippen molar-refractivity contribution in [1.82, 2.24) is 4.98 Å². The van der Waals surface area contributed by atoms with Crippen LogP contribution in [0, 0.1) is 11.6 Å². The number of nitrogens with one attached hydrogen (secondary N) is 1. The smallest absolute Gasteiger partial charge is 0.265 e. The van der Waals surface area contributed by atoms with Gasteiger partial charge < -0.3 is 10.4 Å². The van der Waals surface area contributed by atoms with Gasteiger partial charge >= 0.3 is 0 Å². The topological polar surface area (TPSA) is 45.1 Å². The lowest BCUT2D eigenvalue weighted by Crippen LogP contribution is -2.27. The van der Waals surface area contributed by atoms with Crippen molar-refractivity contribution in [2.45, 2.75) is 12.5 Å². The second-order valence-electron chi connectivity index (χ2n) is 2.77. The summed E-state index contributed by atoms with van der Waals surface area (Å²) in [5.41, 5.74) is 0. The number of aromatic nitrogens is 1. The van der Waals surface area contributed by atoms with Gasteiger partial charge in [0, 0.05) is 12.6 Å². The lowest BCUT2D eigenvalue weighted by Gasteiger charge is -2.11. The van der Waals surface area contributed by atoms with Crippen LogP contribution < -0.4 is 5.32 Å². The van der Waals surface area contributed by atoms with E-state index >= 15 is 0 Å². The summed E-state index contributed by atoms with van der Waals surface area (Å²) < 4.78 is 48.9. The molecule has 0 saturated carbocycles. The van der Waals surface area contributed by atoms with Gasteiger partial charge in [0.25, 0.3) is 6.43 Å². The maximum absolute atomic E-state index is 12.9. The maximum atomic E-state index is 12.9. The molecular formula is C8H8F4N2O. The number of hydrogen-bond donors (Lipinski definition) is 2. The molecule has 3 nitrogen and oxygen atoms in total. The quantitative estimate of drug-likeness (QED) is 0.760. The normalized spacial score (nSPS) is 12.9. The van der Waals surface area contributed by atoms with Crippen molar-refractivity contribution >= 4 is 5.82 Å². The molecule has 1 aromatic heterocycles. The molecular weight excluding hydrogens is 216 g/mol. The number of alkyl halides is 2. The summed E-state index contributed by atoms with van der Waals surface area (Å²) in [4.78, 5) is 3.29. The third kappa shape index (κ3) is 3.35. The molecule has 7 heteroatoms. The Morgan fingerprint density at radius 1 is 1.40 bits per heavy atom. The van der Waals surface area contributed by atoms with Crippen LogP contribution in [0.3, 0.4) is 0 Å². The molecule has 1 atom stereocenters. The average Bonchev–Trinajstić information content (AvgIpc) is 2.15. The van der Waals surface area contributed by atoms with Crippen molar-refractivity contribution in [2.75, 3.05) is 11.9 Å². The number of nitrogens with zero attached hydrogens (tertiary/aromatic N) is 1. The molecule has 0 aliphatic heterocycles. The molecule has 0 fully saturated rings. The van der Waals surface area contributed by atoms with Gasteiger partial charge in [-0.1, -0.05) is 0 Å². The van der Waals surface area contributed by atoms with Gasteiger partial charge in [-0.2, -0.15) is 0 Å². The Bertz CT molecular complexity index is 334. The molecule has 1 unspecified atom stereocenters. The summed E-state index contributed by atoms with van der Waals surface area (Å²) in [6, 6.07) is 0.560. The number of hydrogen-bond acceptors (Lipinski definition) is 3. The van der Waals surface area contributed by atoms with Gasteiger partial charge in [0.2, 0.25) is 0 Å². The van der Waals surface area contributed by atoms with Crippen molar-refractivity contribution in [1.29, 1.82) is 0 Å². The summed E-state index contributed by atoms with van der Waals surface area (Å²) in [5.74, 6) is -2.25. The molecule has 1 aromatic rings. The minimum absolute atomic E-state index is 0.379. The van der Waals surface area contributed by atoms with Crippen molar-refractivity contribution in [3.8, 4) is 0 Å². The summed E-state index contributed by atoms with van der Waals surface area (Å²) in [5, 5.41) is 10.8. The van der Waals surface area contributed by atoms with E-state index in [9.17, 15) is 17.6 Å². The molecule has 0 spiro atoms. The fourth-order valence-electron chi connectivity index (χ4n) is 0.835. The molecule has 0 aliphatic rings. The predicted octanol–water partition coefficient (Wildman–Crippen LogP) is 1.40. The van der Waals surface area contributed by atoms with E-state index in [2.05, 4.69) is 10.3 Å². The molecule has 0 radical (unpaired) electrons. The van der Waals surface area contributed by atoms with E-state index in [4.69, 9.17) is 5.11 Å². The van der Waals surface area contributed by atoms with E-state index in [-0.39, 0.29) is 5.82 Å². The van der Waals surface area contributed by atoms with Gasteiger partial charge in [-0.25, -0.2) is 22.5 Å². The molecule has 1 heterocycles. The zero-order valence-corrected chi connectivity index (χ0v) is 7.42. The van der Waals surface area contributed by atoms with E-state index in [0.29, 0.717) is 6.07 Å². The number of pyridine rings is 1. The first kappa shape index (κ1) is 11.7. The van der Waals surface area contributed by atoms with Crippen molar-refractivity contribution in [2.24, 2.45) is 0 Å². The molecule has 0 aromatic carbocycles. The van der Waals surface area contributed by atoms with Gasteiger partial charge in [-0.3, -0.25) is 0 Å². The molecule has 0 amide bonds. The monoisotopic (exact) mass is 224 g/mol. The first-order valence-electron chi connectivity index (χ1n) is 4.02. The van der Waals surface area contributed by atoms with Gasteiger partial charge in [-0.05, 0) is 0 Å². The summed E-state index contributed by atoms with van der Waals surface area (Å²) in [6.07, 6.45) is -4.11. The van der Waals surface area contributed by atoms with Gasteiger partial charge in [0.1, 0.15) is 11.9 Å². The highest BCUT2D eigenvalue weighted by Gasteiger charge is 2.17. The Morgan fingerprint density at radius 2 is 2.07 bits per heavy atom. The Morgan fingerprint density at radius 3 is 2.60 bits per heavy atom. The number of anilines is 1. The zero-order chi connectivity index (χ0) is 11.4. The highest BCUT2D eigenvalue weighted by atomic mass is 19.3. The standard InChI is InChI=1S/C8H8F4N2O/c9-4-1-5(10)8(13-2-4)14-3-6(15)7(11)12/h1-2,6-7,15H,3H2,(H,13,14). The largest absolute Gasteiger partial charge is 0.385 e. The van der Waals surface area contributed by atoms with Crippen molar-refractivity contribution < 1.29 is 22.7 Å². The van der Waals surface area contributed by atoms with E-state index in [1.807, 2.05) is 0 Å². The van der Waals surface area contributed by atoms with Crippen LogP contribution in [-0.4, -0.2) is 29.2 Å². The molecule has 2 N–H and O–H groups in total. The molecule has 1 rings (SSSR count). The number of aliphatic hydroxyl groups excluding tert-OH is 1. The van der Waals surface area contributed by atoms with Crippen LogP contribution in [0.1, 0.15) is 0 Å². The Labute approximate surface area is 82.8 Å². The first-order valence-corrected chi connectivity index (χ1v) is 4.02. The fourth-order valence-corrected chi connectivity index (χ4v) is 0.835. The fraction of sp³-hybridized carbons (Fsp3) is 0.375. The van der Waals surface area contributed by atoms with Crippen LogP contribution in [-0.2, 0) is 0 Å². The van der Waals surface area contributed by atoms with E-state index in [0.717, 1.165) is 6.20 Å². The van der Waals surface area contributed by atoms with Crippen LogP contribution in [0.4, 0.5) is 23.4 Å². The number of rotatable bonds is 4. The summed E-state index contributed by atoms with van der Waals surface area (Å²) >= 11 is 0. The third-order valence-electron chi connectivity index (χ3n) is 1.58. The third-order valence-corrected chi connectivity index (χ3v) is 1.58. The predicted molar refractivity (Wildman–Crippen MR) is 44.7 cm³/mol. The average molecular weight is 224 g/mol. The molecule has 0 aliphatic carbocycles. The van der Waals surface area contributed by atoms with Crippen LogP contribution in [0.15, 0.2) is 12.3 Å². The molecule has 0 bridgehead atoms. The minimum Gasteiger partial charge on any atom is -0.385 e. The summed E-state index contributed by atoms with van der Waals surface area (Å²) in [6.45, 7) is -0.562. The van der Waals surface area contributed by atoms with Gasteiger partial charge in [0.15, 0.2) is 11.6 Å². The number of aliphatic hydroxyl groups is 1. The second-order valence-corrected chi connectivity index (χ2v) is 2.77. The minimum atomic E-state index is -2.93. The molecule has 15 heavy (non-hydrogen) atoms. The molecule has 0 saturated heterocycles. The highest BCUT2D eigenvalue weighted by molar-refractivity contribution is 5.35. The lowest BCUT2D eigenvalue weighted by molar-refractivity contribution is 0.00377. The van der Waals surface area contributed by atoms with Crippen LogP contribution in [0.25, 0.3) is 0 Å². The highest BCUT2D eigenvalue weighted by Crippen LogP contribution is 2.11. The van der Waals surface area contributed by atoms with Crippen molar-refractivity contribution in [3.63, 3.8) is 0 Å². The lowest BCUT2D eigenvalue weighted by atomic mass is 10.3.